The summed E-state index contributed by atoms with van der Waals surface area (Å²) in [6.07, 6.45) is 2.94. The van der Waals surface area contributed by atoms with Crippen molar-refractivity contribution >= 4 is 38.9 Å². The Balaban J connectivity index is 1.24. The van der Waals surface area contributed by atoms with Gasteiger partial charge in [0.15, 0.2) is 23.2 Å². The second-order valence-electron chi connectivity index (χ2n) is 16.5. The van der Waals surface area contributed by atoms with Gasteiger partial charge in [0.05, 0.1) is 27.2 Å². The van der Waals surface area contributed by atoms with E-state index in [2.05, 4.69) is 55.1 Å². The molecule has 0 aliphatic carbocycles. The van der Waals surface area contributed by atoms with Crippen molar-refractivity contribution in [2.45, 2.75) is 62.8 Å². The van der Waals surface area contributed by atoms with Gasteiger partial charge < -0.3 is 28.7 Å². The van der Waals surface area contributed by atoms with Gasteiger partial charge in [-0.15, -0.1) is 0 Å². The number of carbonyl (C=O) groups is 1. The highest BCUT2D eigenvalue weighted by molar-refractivity contribution is 6.32. The molecule has 4 atom stereocenters. The maximum absolute atomic E-state index is 13.3. The number of hydrogen-bond donors (Lipinski definition) is 1. The fourth-order valence-corrected chi connectivity index (χ4v) is 8.55. The normalized spacial score (nSPS) is 17.9. The van der Waals surface area contributed by atoms with E-state index in [1.54, 1.807) is 32.7 Å². The number of rotatable bonds is 17. The Bertz CT molecular complexity index is 2600. The van der Waals surface area contributed by atoms with Crippen LogP contribution in [-0.2, 0) is 19.5 Å². The number of carbonyl (C=O) groups excluding carboxylic acids is 1. The van der Waals surface area contributed by atoms with Gasteiger partial charge in [0, 0.05) is 11.8 Å². The number of nitrogens with one attached hydrogen (secondary N) is 1. The minimum Gasteiger partial charge on any atom is -0.497 e. The number of imidazole rings is 1. The number of nitrogens with zero attached hydrogens (tertiary/aromatic N) is 5. The zero-order valence-corrected chi connectivity index (χ0v) is 37.8. The molecule has 0 saturated carbocycles. The van der Waals surface area contributed by atoms with Crippen LogP contribution >= 0.6 is 0 Å². The first-order chi connectivity index (χ1) is 31.1. The van der Waals surface area contributed by atoms with Gasteiger partial charge in [-0.05, 0) is 69.6 Å². The van der Waals surface area contributed by atoms with Crippen molar-refractivity contribution in [2.24, 2.45) is 10.9 Å². The van der Waals surface area contributed by atoms with Crippen LogP contribution in [0, 0.1) is 5.92 Å². The minimum absolute atomic E-state index is 0.0940. The molecule has 12 nitrogen and oxygen atoms in total. The molecule has 0 bridgehead atoms. The van der Waals surface area contributed by atoms with Crippen LogP contribution in [0.15, 0.2) is 157 Å². The second kappa shape index (κ2) is 19.5. The summed E-state index contributed by atoms with van der Waals surface area (Å²) in [5.41, 5.74) is 3.87. The molecule has 1 fully saturated rings. The van der Waals surface area contributed by atoms with Gasteiger partial charge >= 0.3 is 0 Å². The zero-order chi connectivity index (χ0) is 44.7. The molecule has 64 heavy (non-hydrogen) atoms. The highest BCUT2D eigenvalue weighted by Crippen LogP contribution is 2.44. The molecule has 5 aromatic carbocycles. The zero-order valence-electron chi connectivity index (χ0n) is 36.8. The number of aliphatic imine (C=N–C) groups is 1. The standard InChI is InChI=1S/C51H52N6O6Si/c1-34(2)50(3,4)64-63-45-43(52-30-35-16-10-7-11-17-35)42(62-49(45)57-33-55-44-46(53-32-54-47(44)57)56-48(58)36-18-12-8-13-19-36)31-61-51(37-20-14-9-15-21-37,38-22-26-40(59-5)27-23-38)39-24-28-41(60-6)29-25-39/h7-30,32-34,42-43,45,49H,31H2,1-6H3,(H,53,54,56,58)/t42-,43-,45-,49-/m1/s1. The van der Waals surface area contributed by atoms with Gasteiger partial charge in [0.2, 0.25) is 9.76 Å². The predicted octanol–water partition coefficient (Wildman–Crippen LogP) is 9.35. The van der Waals surface area contributed by atoms with Gasteiger partial charge in [-0.3, -0.25) is 14.4 Å². The lowest BCUT2D eigenvalue weighted by Gasteiger charge is -2.37. The van der Waals surface area contributed by atoms with E-state index in [0.717, 1.165) is 33.8 Å². The van der Waals surface area contributed by atoms with E-state index in [9.17, 15) is 4.79 Å². The van der Waals surface area contributed by atoms with Crippen LogP contribution in [0.3, 0.4) is 0 Å². The molecule has 7 aromatic rings. The van der Waals surface area contributed by atoms with Crippen LogP contribution in [-0.4, -0.2) is 80.5 Å². The largest absolute Gasteiger partial charge is 0.497 e. The molecule has 1 aliphatic rings. The number of benzene rings is 5. The van der Waals surface area contributed by atoms with E-state index in [0.29, 0.717) is 22.6 Å². The topological polar surface area (TPSA) is 131 Å². The second-order valence-corrected chi connectivity index (χ2v) is 18.2. The van der Waals surface area contributed by atoms with E-state index in [-0.39, 0.29) is 33.1 Å². The molecule has 2 aromatic heterocycles. The Morgan fingerprint density at radius 3 is 1.97 bits per heavy atom. The summed E-state index contributed by atoms with van der Waals surface area (Å²) in [4.78, 5) is 32.5. The highest BCUT2D eigenvalue weighted by Gasteiger charge is 2.49. The lowest BCUT2D eigenvalue weighted by Crippen LogP contribution is -2.40. The fourth-order valence-electron chi connectivity index (χ4n) is 7.62. The maximum Gasteiger partial charge on any atom is 0.256 e. The number of hydrogen-bond acceptors (Lipinski definition) is 10. The van der Waals surface area contributed by atoms with Crippen LogP contribution in [0.25, 0.3) is 11.2 Å². The quantitative estimate of drug-likeness (QED) is 0.0541. The first-order valence-electron chi connectivity index (χ1n) is 21.3. The molecule has 13 heteroatoms. The lowest BCUT2D eigenvalue weighted by molar-refractivity contribution is -0.0845. The number of anilines is 1. The maximum atomic E-state index is 13.3. The third-order valence-electron chi connectivity index (χ3n) is 11.9. The minimum atomic E-state index is -1.12. The molecule has 326 valence electrons. The molecule has 1 aliphatic heterocycles. The van der Waals surface area contributed by atoms with Gasteiger partial charge in [-0.1, -0.05) is 131 Å². The van der Waals surface area contributed by atoms with Gasteiger partial charge in [-0.25, -0.2) is 15.0 Å². The first-order valence-corrected chi connectivity index (χ1v) is 22.2. The third-order valence-corrected chi connectivity index (χ3v) is 13.4. The Morgan fingerprint density at radius 2 is 1.38 bits per heavy atom. The molecule has 3 heterocycles. The SMILES string of the molecule is COc1ccc(C(OC[C@H]2O[C@@H](n3cnc4c(NC(=O)c5ccccc5)ncnc43)[C@H](O[Si]C(C)(C)C(C)C)[C@@H]2N=Cc2ccccc2)(c2ccccc2)c2ccc(OC)cc2)cc1. The summed E-state index contributed by atoms with van der Waals surface area (Å²) >= 11 is 0. The van der Waals surface area contributed by atoms with E-state index < -0.39 is 30.1 Å². The summed E-state index contributed by atoms with van der Waals surface area (Å²) in [6, 6.07) is 44.5. The fraction of sp³-hybridized carbons (Fsp3) is 0.275. The van der Waals surface area contributed by atoms with Gasteiger partial charge in [-0.2, -0.15) is 0 Å². The average Bonchev–Trinajstić information content (AvgIpc) is 3.93. The van der Waals surface area contributed by atoms with Gasteiger partial charge in [0.25, 0.3) is 5.91 Å². The summed E-state index contributed by atoms with van der Waals surface area (Å²) in [5.74, 6) is 1.74. The molecule has 1 saturated heterocycles. The van der Waals surface area contributed by atoms with E-state index >= 15 is 0 Å². The first kappa shape index (κ1) is 44.1. The van der Waals surface area contributed by atoms with Crippen LogP contribution in [0.4, 0.5) is 5.82 Å². The molecule has 1 N–H and O–H groups in total. The summed E-state index contributed by atoms with van der Waals surface area (Å²) in [5, 5.41) is 2.77. The van der Waals surface area contributed by atoms with Gasteiger partial charge in [0.1, 0.15) is 41.7 Å². The smallest absolute Gasteiger partial charge is 0.256 e. The average molecular weight is 873 g/mol. The van der Waals surface area contributed by atoms with Crippen molar-refractivity contribution < 1.29 is 28.2 Å². The Kier molecular flexibility index (Phi) is 13.4. The Morgan fingerprint density at radius 1 is 0.797 bits per heavy atom. The van der Waals surface area contributed by atoms with Crippen LogP contribution in [0.1, 0.15) is 66.5 Å². The van der Waals surface area contributed by atoms with E-state index in [4.69, 9.17) is 33.3 Å². The molecule has 0 unspecified atom stereocenters. The number of amides is 1. The number of methoxy groups -OCH3 is 2. The molecular formula is C51H52N6O6Si. The third kappa shape index (κ3) is 9.24. The molecule has 8 rings (SSSR count). The molecule has 1 amide bonds. The van der Waals surface area contributed by atoms with Crippen molar-refractivity contribution in [3.63, 3.8) is 0 Å². The Labute approximate surface area is 376 Å². The number of fused-ring (bicyclic) bond motifs is 1. The number of ether oxygens (including phenoxy) is 4. The van der Waals surface area contributed by atoms with Crippen molar-refractivity contribution in [2.75, 3.05) is 26.1 Å². The molecule has 2 radical (unpaired) electrons. The van der Waals surface area contributed by atoms with E-state index in [1.165, 1.54) is 6.33 Å². The lowest BCUT2D eigenvalue weighted by atomic mass is 9.80. The molecular weight excluding hydrogens is 821 g/mol. The van der Waals surface area contributed by atoms with Crippen LogP contribution in [0.2, 0.25) is 5.04 Å². The van der Waals surface area contributed by atoms with Crippen molar-refractivity contribution in [3.05, 3.63) is 180 Å². The van der Waals surface area contributed by atoms with Crippen LogP contribution < -0.4 is 14.8 Å². The van der Waals surface area contributed by atoms with Crippen molar-refractivity contribution in [3.8, 4) is 11.5 Å². The summed E-state index contributed by atoms with van der Waals surface area (Å²) < 4.78 is 34.8. The van der Waals surface area contributed by atoms with Crippen molar-refractivity contribution in [1.82, 2.24) is 19.5 Å². The van der Waals surface area contributed by atoms with Crippen LogP contribution in [0.5, 0.6) is 11.5 Å². The number of aromatic nitrogens is 4. The highest BCUT2D eigenvalue weighted by atomic mass is 28.2. The summed E-state index contributed by atoms with van der Waals surface area (Å²) in [6.45, 7) is 8.92. The monoisotopic (exact) mass is 872 g/mol. The van der Waals surface area contributed by atoms with E-state index in [1.807, 2.05) is 126 Å². The van der Waals surface area contributed by atoms with Crippen molar-refractivity contribution in [1.29, 1.82) is 0 Å². The molecule has 0 spiro atoms. The Hall–Kier alpha value is -6.51. The summed E-state index contributed by atoms with van der Waals surface area (Å²) in [7, 11) is 3.40. The predicted molar refractivity (Wildman–Crippen MR) is 249 cm³/mol.